The zero-order valence-electron chi connectivity index (χ0n) is 16.9. The smallest absolute Gasteiger partial charge is 0.367 e. The molecule has 3 heterocycles. The predicted octanol–water partition coefficient (Wildman–Crippen LogP) is 3.82. The molecule has 0 spiro atoms. The standard InChI is InChI=1S/C24H27BN3/c1-17-8-6-9-18(2)23(17)25-27-15-14-26-16-19-10-7-13-21(22(19)24(26)27)28(25)20-11-4-3-5-12-20/h6-10,13-15,20H,3-5,11-12,16H2,1-2H3/q+1. The van der Waals surface area contributed by atoms with Crippen molar-refractivity contribution in [2.45, 2.75) is 58.5 Å². The van der Waals surface area contributed by atoms with Gasteiger partial charge in [-0.2, -0.15) is 0 Å². The van der Waals surface area contributed by atoms with Gasteiger partial charge in [0.2, 0.25) is 0 Å². The number of hydrogen-bond donors (Lipinski definition) is 0. The number of imidazole rings is 1. The monoisotopic (exact) mass is 368 g/mol. The molecule has 0 N–H and O–H groups in total. The van der Waals surface area contributed by atoms with Gasteiger partial charge < -0.3 is 4.81 Å². The molecule has 2 aliphatic heterocycles. The van der Waals surface area contributed by atoms with Crippen LogP contribution in [0.2, 0.25) is 0 Å². The minimum absolute atomic E-state index is 0.251. The summed E-state index contributed by atoms with van der Waals surface area (Å²) < 4.78 is 5.00. The van der Waals surface area contributed by atoms with E-state index in [4.69, 9.17) is 0 Å². The van der Waals surface area contributed by atoms with E-state index < -0.39 is 0 Å². The third-order valence-electron chi connectivity index (χ3n) is 7.19. The lowest BCUT2D eigenvalue weighted by Gasteiger charge is -2.41. The van der Waals surface area contributed by atoms with Crippen molar-refractivity contribution in [1.29, 1.82) is 0 Å². The first-order valence-corrected chi connectivity index (χ1v) is 10.8. The molecule has 1 aliphatic carbocycles. The maximum atomic E-state index is 2.79. The molecule has 0 bridgehead atoms. The Hall–Kier alpha value is -2.49. The van der Waals surface area contributed by atoms with Crippen LogP contribution in [0.15, 0.2) is 48.8 Å². The molecular formula is C24H27BN3+. The van der Waals surface area contributed by atoms with Gasteiger partial charge in [0.25, 0.3) is 5.82 Å². The lowest BCUT2D eigenvalue weighted by Crippen LogP contribution is -2.73. The maximum absolute atomic E-state index is 2.79. The fraction of sp³-hybridized carbons (Fsp3) is 0.375. The van der Waals surface area contributed by atoms with Gasteiger partial charge in [0, 0.05) is 22.8 Å². The summed E-state index contributed by atoms with van der Waals surface area (Å²) in [4.78, 5) is 2.79. The quantitative estimate of drug-likeness (QED) is 0.490. The Balaban J connectivity index is 1.64. The molecular weight excluding hydrogens is 341 g/mol. The molecule has 1 fully saturated rings. The van der Waals surface area contributed by atoms with Crippen LogP contribution in [0.4, 0.5) is 5.69 Å². The number of aromatic nitrogens is 2. The van der Waals surface area contributed by atoms with Crippen LogP contribution in [-0.4, -0.2) is 17.6 Å². The van der Waals surface area contributed by atoms with E-state index in [1.807, 2.05) is 0 Å². The maximum Gasteiger partial charge on any atom is 0.538 e. The van der Waals surface area contributed by atoms with E-state index in [1.165, 1.54) is 71.3 Å². The van der Waals surface area contributed by atoms with E-state index in [0.717, 1.165) is 6.54 Å². The van der Waals surface area contributed by atoms with Gasteiger partial charge in [0.05, 0.1) is 5.56 Å². The van der Waals surface area contributed by atoms with Crippen molar-refractivity contribution in [3.05, 3.63) is 65.5 Å². The first-order chi connectivity index (χ1) is 13.7. The van der Waals surface area contributed by atoms with Crippen LogP contribution in [0, 0.1) is 13.8 Å². The lowest BCUT2D eigenvalue weighted by atomic mass is 9.59. The van der Waals surface area contributed by atoms with Crippen LogP contribution in [0.25, 0.3) is 11.4 Å². The second-order valence-corrected chi connectivity index (χ2v) is 8.85. The van der Waals surface area contributed by atoms with E-state index in [9.17, 15) is 0 Å². The fourth-order valence-electron chi connectivity index (χ4n) is 5.95. The predicted molar refractivity (Wildman–Crippen MR) is 115 cm³/mol. The second-order valence-electron chi connectivity index (χ2n) is 8.85. The third kappa shape index (κ3) is 2.15. The van der Waals surface area contributed by atoms with Gasteiger partial charge in [-0.15, -0.1) is 0 Å². The number of aryl methyl sites for hydroxylation is 2. The summed E-state index contributed by atoms with van der Waals surface area (Å²) in [7, 11) is 0. The average Bonchev–Trinajstić information content (AvgIpc) is 3.28. The molecule has 3 aliphatic rings. The molecule has 4 heteroatoms. The highest BCUT2D eigenvalue weighted by molar-refractivity contribution is 6.71. The van der Waals surface area contributed by atoms with E-state index in [0.29, 0.717) is 6.04 Å². The van der Waals surface area contributed by atoms with Crippen LogP contribution in [0.3, 0.4) is 0 Å². The topological polar surface area (TPSA) is 12.1 Å². The van der Waals surface area contributed by atoms with Gasteiger partial charge in [-0.05, 0) is 43.9 Å². The van der Waals surface area contributed by atoms with E-state index in [1.54, 1.807) is 0 Å². The van der Waals surface area contributed by atoms with Crippen LogP contribution in [0.1, 0.15) is 48.8 Å². The number of nitrogens with zero attached hydrogens (tertiary/aromatic N) is 3. The van der Waals surface area contributed by atoms with Crippen molar-refractivity contribution < 1.29 is 4.48 Å². The van der Waals surface area contributed by atoms with Crippen LogP contribution in [0.5, 0.6) is 0 Å². The van der Waals surface area contributed by atoms with Crippen molar-refractivity contribution in [3.8, 4) is 11.4 Å². The van der Waals surface area contributed by atoms with E-state index in [-0.39, 0.29) is 6.98 Å². The van der Waals surface area contributed by atoms with Crippen molar-refractivity contribution in [3.63, 3.8) is 0 Å². The minimum Gasteiger partial charge on any atom is -0.367 e. The van der Waals surface area contributed by atoms with Gasteiger partial charge in [-0.1, -0.05) is 49.6 Å². The van der Waals surface area contributed by atoms with Crippen molar-refractivity contribution in [2.75, 3.05) is 4.81 Å². The van der Waals surface area contributed by atoms with Gasteiger partial charge in [-0.25, -0.2) is 4.57 Å². The Bertz CT molecular complexity index is 1060. The fourth-order valence-corrected chi connectivity index (χ4v) is 5.95. The Kier molecular flexibility index (Phi) is 3.53. The summed E-state index contributed by atoms with van der Waals surface area (Å²) in [6.45, 7) is 5.82. The first-order valence-electron chi connectivity index (χ1n) is 10.8. The second kappa shape index (κ2) is 6.00. The van der Waals surface area contributed by atoms with Crippen LogP contribution >= 0.6 is 0 Å². The highest BCUT2D eigenvalue weighted by atomic mass is 15.3. The molecule has 0 radical (unpaired) electrons. The van der Waals surface area contributed by atoms with Gasteiger partial charge in [0.1, 0.15) is 18.9 Å². The van der Waals surface area contributed by atoms with Gasteiger partial charge in [0.15, 0.2) is 0 Å². The molecule has 3 nitrogen and oxygen atoms in total. The lowest BCUT2D eigenvalue weighted by molar-refractivity contribution is -0.523. The molecule has 6 rings (SSSR count). The Morgan fingerprint density at radius 1 is 0.964 bits per heavy atom. The van der Waals surface area contributed by atoms with Crippen LogP contribution in [-0.2, 0) is 6.54 Å². The summed E-state index contributed by atoms with van der Waals surface area (Å²) in [5.74, 6) is 1.39. The van der Waals surface area contributed by atoms with E-state index >= 15 is 0 Å². The van der Waals surface area contributed by atoms with Crippen molar-refractivity contribution in [1.82, 2.24) is 4.57 Å². The Labute approximate surface area is 167 Å². The van der Waals surface area contributed by atoms with Crippen molar-refractivity contribution in [2.24, 2.45) is 0 Å². The molecule has 0 unspecified atom stereocenters. The number of benzene rings is 2. The summed E-state index contributed by atoms with van der Waals surface area (Å²) >= 11 is 0. The normalized spacial score (nSPS) is 17.9. The number of hydrogen-bond acceptors (Lipinski definition) is 1. The highest BCUT2D eigenvalue weighted by Gasteiger charge is 2.50. The first kappa shape index (κ1) is 16.5. The molecule has 28 heavy (non-hydrogen) atoms. The SMILES string of the molecule is Cc1cccc(C)c1B1N(C2CCCCC2)c2cccc3c2-c2n(cc[n+]21)C3. The van der Waals surface area contributed by atoms with Gasteiger partial charge in [-0.3, -0.25) is 4.48 Å². The molecule has 3 aromatic rings. The van der Waals surface area contributed by atoms with E-state index in [2.05, 4.69) is 76.5 Å². The third-order valence-corrected chi connectivity index (χ3v) is 7.19. The summed E-state index contributed by atoms with van der Waals surface area (Å²) in [5.41, 5.74) is 8.68. The largest absolute Gasteiger partial charge is 0.538 e. The molecule has 0 saturated heterocycles. The molecule has 140 valence electrons. The zero-order valence-corrected chi connectivity index (χ0v) is 16.9. The molecule has 1 saturated carbocycles. The average molecular weight is 368 g/mol. The molecule has 0 atom stereocenters. The Morgan fingerprint density at radius 2 is 1.71 bits per heavy atom. The van der Waals surface area contributed by atoms with Gasteiger partial charge >= 0.3 is 6.98 Å². The Morgan fingerprint density at radius 3 is 2.50 bits per heavy atom. The number of anilines is 1. The van der Waals surface area contributed by atoms with Crippen LogP contribution < -0.4 is 14.8 Å². The molecule has 0 amide bonds. The highest BCUT2D eigenvalue weighted by Crippen LogP contribution is 2.43. The zero-order chi connectivity index (χ0) is 18.8. The summed E-state index contributed by atoms with van der Waals surface area (Å²) in [6.07, 6.45) is 11.3. The number of rotatable bonds is 2. The molecule has 1 aromatic heterocycles. The van der Waals surface area contributed by atoms with Crippen molar-refractivity contribution >= 4 is 18.1 Å². The summed E-state index contributed by atoms with van der Waals surface area (Å²) in [6, 6.07) is 14.3. The summed E-state index contributed by atoms with van der Waals surface area (Å²) in [5, 5.41) is 0. The minimum atomic E-state index is 0.251. The molecule has 2 aromatic carbocycles.